The number of methoxy groups -OCH3 is 1. The average molecular weight is 309 g/mol. The van der Waals surface area contributed by atoms with Gasteiger partial charge in [-0.05, 0) is 12.1 Å². The number of hydrogen-bond donors (Lipinski definition) is 1. The van der Waals surface area contributed by atoms with Gasteiger partial charge in [0.25, 0.3) is 0 Å². The van der Waals surface area contributed by atoms with Gasteiger partial charge < -0.3 is 14.8 Å². The molecule has 1 aliphatic heterocycles. The van der Waals surface area contributed by atoms with Crippen molar-refractivity contribution in [2.75, 3.05) is 46.4 Å². The van der Waals surface area contributed by atoms with E-state index < -0.39 is 10.9 Å². The molecule has 0 spiro atoms. The van der Waals surface area contributed by atoms with Gasteiger partial charge in [0.05, 0.1) is 17.6 Å². The van der Waals surface area contributed by atoms with Gasteiger partial charge in [-0.2, -0.15) is 0 Å². The zero-order valence-corrected chi connectivity index (χ0v) is 12.4. The predicted molar refractivity (Wildman–Crippen MR) is 79.2 cm³/mol. The van der Waals surface area contributed by atoms with Gasteiger partial charge in [-0.3, -0.25) is 15.0 Å². The zero-order valence-electron chi connectivity index (χ0n) is 12.4. The van der Waals surface area contributed by atoms with Crippen LogP contribution in [0.1, 0.15) is 10.4 Å². The normalized spacial score (nSPS) is 15.3. The quantitative estimate of drug-likeness (QED) is 0.469. The van der Waals surface area contributed by atoms with Crippen LogP contribution in [0.5, 0.6) is 5.75 Å². The molecule has 1 aromatic carbocycles. The lowest BCUT2D eigenvalue weighted by Gasteiger charge is -2.26. The van der Waals surface area contributed by atoms with Crippen LogP contribution in [0.3, 0.4) is 0 Å². The molecule has 0 aliphatic carbocycles. The van der Waals surface area contributed by atoms with Gasteiger partial charge in [0.2, 0.25) is 0 Å². The molecule has 8 nitrogen and oxygen atoms in total. The lowest BCUT2D eigenvalue weighted by Crippen LogP contribution is -2.44. The molecule has 1 saturated heterocycles. The lowest BCUT2D eigenvalue weighted by atomic mass is 10.2. The van der Waals surface area contributed by atoms with Crippen LogP contribution in [0, 0.1) is 10.1 Å². The Labute approximate surface area is 128 Å². The number of nitro groups is 1. The van der Waals surface area contributed by atoms with E-state index in [-0.39, 0.29) is 23.6 Å². The first-order valence-electron chi connectivity index (χ1n) is 7.04. The fourth-order valence-corrected chi connectivity index (χ4v) is 2.25. The minimum atomic E-state index is -0.587. The fraction of sp³-hybridized carbons (Fsp3) is 0.500. The third-order valence-electron chi connectivity index (χ3n) is 3.46. The average Bonchev–Trinajstić information content (AvgIpc) is 2.55. The highest BCUT2D eigenvalue weighted by Crippen LogP contribution is 2.27. The maximum atomic E-state index is 11.9. The van der Waals surface area contributed by atoms with Crippen molar-refractivity contribution < 1.29 is 19.2 Å². The first-order valence-corrected chi connectivity index (χ1v) is 7.04. The number of hydrogen-bond acceptors (Lipinski definition) is 7. The van der Waals surface area contributed by atoms with Crippen LogP contribution in [0.25, 0.3) is 0 Å². The van der Waals surface area contributed by atoms with E-state index in [9.17, 15) is 14.9 Å². The van der Waals surface area contributed by atoms with Crippen LogP contribution in [0.4, 0.5) is 5.69 Å². The number of carbonyl (C=O) groups excluding carboxylic acids is 1. The highest BCUT2D eigenvalue weighted by Gasteiger charge is 2.19. The number of piperazine rings is 1. The van der Waals surface area contributed by atoms with Crippen molar-refractivity contribution in [1.82, 2.24) is 10.2 Å². The number of nitrogens with one attached hydrogen (secondary N) is 1. The Morgan fingerprint density at radius 2 is 2.14 bits per heavy atom. The molecule has 0 saturated carbocycles. The highest BCUT2D eigenvalue weighted by molar-refractivity contribution is 5.90. The van der Waals surface area contributed by atoms with E-state index >= 15 is 0 Å². The van der Waals surface area contributed by atoms with E-state index in [0.717, 1.165) is 26.2 Å². The smallest absolute Gasteiger partial charge is 0.338 e. The van der Waals surface area contributed by atoms with Crippen LogP contribution in [0.2, 0.25) is 0 Å². The largest absolute Gasteiger partial charge is 0.490 e. The van der Waals surface area contributed by atoms with Crippen molar-refractivity contribution in [3.05, 3.63) is 33.9 Å². The van der Waals surface area contributed by atoms with Crippen molar-refractivity contribution in [1.29, 1.82) is 0 Å². The van der Waals surface area contributed by atoms with E-state index in [1.165, 1.54) is 25.3 Å². The summed E-state index contributed by atoms with van der Waals surface area (Å²) in [6.07, 6.45) is 0. The number of nitro benzene ring substituents is 1. The summed E-state index contributed by atoms with van der Waals surface area (Å²) >= 11 is 0. The van der Waals surface area contributed by atoms with Gasteiger partial charge in [-0.1, -0.05) is 0 Å². The maximum Gasteiger partial charge on any atom is 0.338 e. The first-order chi connectivity index (χ1) is 10.6. The van der Waals surface area contributed by atoms with Crippen LogP contribution < -0.4 is 10.1 Å². The van der Waals surface area contributed by atoms with Gasteiger partial charge in [0, 0.05) is 38.8 Å². The molecule has 0 atom stereocenters. The highest BCUT2D eigenvalue weighted by atomic mass is 16.6. The Bertz CT molecular complexity index is 543. The van der Waals surface area contributed by atoms with Crippen LogP contribution >= 0.6 is 0 Å². The lowest BCUT2D eigenvalue weighted by molar-refractivity contribution is -0.385. The van der Waals surface area contributed by atoms with Crippen LogP contribution in [-0.2, 0) is 4.74 Å². The van der Waals surface area contributed by atoms with Crippen molar-refractivity contribution in [3.63, 3.8) is 0 Å². The van der Waals surface area contributed by atoms with Gasteiger partial charge in [-0.25, -0.2) is 4.79 Å². The summed E-state index contributed by atoms with van der Waals surface area (Å²) in [7, 11) is 1.34. The number of ether oxygens (including phenoxy) is 2. The van der Waals surface area contributed by atoms with Crippen molar-refractivity contribution in [2.45, 2.75) is 0 Å². The van der Waals surface area contributed by atoms with Crippen molar-refractivity contribution in [3.8, 4) is 5.75 Å². The Hall–Kier alpha value is -2.19. The van der Waals surface area contributed by atoms with Gasteiger partial charge in [0.1, 0.15) is 6.61 Å². The number of esters is 1. The second-order valence-electron chi connectivity index (χ2n) is 4.87. The molecule has 0 aromatic heterocycles. The molecule has 1 aromatic rings. The maximum absolute atomic E-state index is 11.9. The summed E-state index contributed by atoms with van der Waals surface area (Å²) in [4.78, 5) is 24.5. The minimum absolute atomic E-state index is 0.113. The molecule has 1 heterocycles. The third kappa shape index (κ3) is 4.15. The molecule has 1 fully saturated rings. The van der Waals surface area contributed by atoms with E-state index in [0.29, 0.717) is 6.54 Å². The summed E-state index contributed by atoms with van der Waals surface area (Å²) in [6.45, 7) is 4.62. The summed E-state index contributed by atoms with van der Waals surface area (Å²) in [6, 6.07) is 4.02. The third-order valence-corrected chi connectivity index (χ3v) is 3.46. The van der Waals surface area contributed by atoms with E-state index in [4.69, 9.17) is 9.47 Å². The minimum Gasteiger partial charge on any atom is -0.490 e. The molecule has 0 unspecified atom stereocenters. The van der Waals surface area contributed by atoms with E-state index in [1.54, 1.807) is 0 Å². The van der Waals surface area contributed by atoms with Gasteiger partial charge in [0.15, 0.2) is 5.75 Å². The Morgan fingerprint density at radius 1 is 1.41 bits per heavy atom. The summed E-state index contributed by atoms with van der Waals surface area (Å²) < 4.78 is 10.1. The molecule has 22 heavy (non-hydrogen) atoms. The molecule has 1 N–H and O–H groups in total. The van der Waals surface area contributed by atoms with Crippen LogP contribution in [-0.4, -0.2) is 62.2 Å². The van der Waals surface area contributed by atoms with Gasteiger partial charge in [-0.15, -0.1) is 0 Å². The summed E-state index contributed by atoms with van der Waals surface area (Å²) in [5, 5.41) is 14.2. The number of benzene rings is 1. The second kappa shape index (κ2) is 7.71. The molecule has 120 valence electrons. The van der Waals surface area contributed by atoms with E-state index in [2.05, 4.69) is 10.2 Å². The SMILES string of the molecule is COc1ccc(C(=O)OCCN2CCNCC2)cc1[N+](=O)[O-]. The summed E-state index contributed by atoms with van der Waals surface area (Å²) in [5.41, 5.74) is -0.105. The molecule has 0 bridgehead atoms. The summed E-state index contributed by atoms with van der Waals surface area (Å²) in [5.74, 6) is -0.455. The molecule has 2 rings (SSSR count). The molecule has 1 aliphatic rings. The second-order valence-corrected chi connectivity index (χ2v) is 4.87. The van der Waals surface area contributed by atoms with Gasteiger partial charge >= 0.3 is 11.7 Å². The number of carbonyl (C=O) groups is 1. The standard InChI is InChI=1S/C14H19N3O5/c1-21-13-3-2-11(10-12(13)17(19)20)14(18)22-9-8-16-6-4-15-5-7-16/h2-3,10,15H,4-9H2,1H3. The van der Waals surface area contributed by atoms with Crippen molar-refractivity contribution >= 4 is 11.7 Å². The van der Waals surface area contributed by atoms with E-state index in [1.807, 2.05) is 0 Å². The Balaban J connectivity index is 1.91. The molecule has 0 amide bonds. The Morgan fingerprint density at radius 3 is 2.77 bits per heavy atom. The monoisotopic (exact) mass is 309 g/mol. The molecular weight excluding hydrogens is 290 g/mol. The van der Waals surface area contributed by atoms with Crippen LogP contribution in [0.15, 0.2) is 18.2 Å². The first kappa shape index (κ1) is 16.2. The molecule has 0 radical (unpaired) electrons. The topological polar surface area (TPSA) is 93.9 Å². The predicted octanol–water partition coefficient (Wildman–Crippen LogP) is 0.665. The fourth-order valence-electron chi connectivity index (χ4n) is 2.25. The van der Waals surface area contributed by atoms with Crippen molar-refractivity contribution in [2.24, 2.45) is 0 Å². The molecular formula is C14H19N3O5. The number of nitrogens with zero attached hydrogens (tertiary/aromatic N) is 2. The molecule has 8 heteroatoms. The Kier molecular flexibility index (Phi) is 5.68. The zero-order chi connectivity index (χ0) is 15.9. The number of rotatable bonds is 6.